The van der Waals surface area contributed by atoms with Gasteiger partial charge in [-0.3, -0.25) is 9.80 Å². The van der Waals surface area contributed by atoms with Crippen LogP contribution in [0, 0.1) is 12.8 Å². The summed E-state index contributed by atoms with van der Waals surface area (Å²) in [5, 5.41) is 4.27. The number of hydrogen-bond donors (Lipinski definition) is 0. The molecule has 3 heterocycles. The number of benzene rings is 1. The van der Waals surface area contributed by atoms with Crippen LogP contribution in [0.2, 0.25) is 0 Å². The maximum absolute atomic E-state index is 5.62. The minimum absolute atomic E-state index is 0.751. The Labute approximate surface area is 155 Å². The number of morpholine rings is 1. The lowest BCUT2D eigenvalue weighted by molar-refractivity contribution is 0.0219. The SMILES string of the molecule is Cc1ccc(-c2cc(CN3CCC[C@H](CN4CCOCC4)C3)on2)cc1. The van der Waals surface area contributed by atoms with Crippen LogP contribution in [-0.4, -0.2) is 60.9 Å². The fourth-order valence-corrected chi connectivity index (χ4v) is 4.06. The van der Waals surface area contributed by atoms with Crippen molar-refractivity contribution in [3.05, 3.63) is 41.7 Å². The lowest BCUT2D eigenvalue weighted by Gasteiger charge is -2.36. The monoisotopic (exact) mass is 355 g/mol. The van der Waals surface area contributed by atoms with Crippen molar-refractivity contribution in [2.24, 2.45) is 5.92 Å². The summed E-state index contributed by atoms with van der Waals surface area (Å²) < 4.78 is 11.1. The number of rotatable bonds is 5. The molecule has 2 aliphatic rings. The van der Waals surface area contributed by atoms with Gasteiger partial charge in [0.2, 0.25) is 0 Å². The van der Waals surface area contributed by atoms with Gasteiger partial charge in [0.25, 0.3) is 0 Å². The van der Waals surface area contributed by atoms with Crippen molar-refractivity contribution in [2.45, 2.75) is 26.3 Å². The summed E-state index contributed by atoms with van der Waals surface area (Å²) in [7, 11) is 0. The summed E-state index contributed by atoms with van der Waals surface area (Å²) in [5.74, 6) is 1.72. The van der Waals surface area contributed by atoms with Crippen LogP contribution in [0.5, 0.6) is 0 Å². The first-order chi connectivity index (χ1) is 12.8. The predicted molar refractivity (Wildman–Crippen MR) is 102 cm³/mol. The molecule has 2 aromatic rings. The van der Waals surface area contributed by atoms with Gasteiger partial charge in [0.1, 0.15) is 5.69 Å². The lowest BCUT2D eigenvalue weighted by Crippen LogP contribution is -2.44. The molecule has 0 bridgehead atoms. The van der Waals surface area contributed by atoms with Crippen LogP contribution in [0.1, 0.15) is 24.2 Å². The van der Waals surface area contributed by atoms with E-state index in [2.05, 4.69) is 52.2 Å². The molecule has 0 amide bonds. The number of hydrogen-bond acceptors (Lipinski definition) is 5. The molecule has 5 nitrogen and oxygen atoms in total. The van der Waals surface area contributed by atoms with Gasteiger partial charge in [-0.15, -0.1) is 0 Å². The maximum Gasteiger partial charge on any atom is 0.151 e. The normalized spacial score (nSPS) is 22.6. The molecule has 0 saturated carbocycles. The summed E-state index contributed by atoms with van der Waals surface area (Å²) in [6.07, 6.45) is 2.60. The number of ether oxygens (including phenoxy) is 1. The number of likely N-dealkylation sites (tertiary alicyclic amines) is 1. The lowest BCUT2D eigenvalue weighted by atomic mass is 9.97. The van der Waals surface area contributed by atoms with Gasteiger partial charge in [-0.1, -0.05) is 35.0 Å². The number of piperidine rings is 1. The molecule has 2 saturated heterocycles. The second kappa shape index (κ2) is 8.33. The van der Waals surface area contributed by atoms with E-state index in [1.165, 1.54) is 24.9 Å². The van der Waals surface area contributed by atoms with Crippen molar-refractivity contribution in [1.82, 2.24) is 15.0 Å². The molecule has 0 N–H and O–H groups in total. The van der Waals surface area contributed by atoms with Crippen molar-refractivity contribution in [2.75, 3.05) is 45.9 Å². The number of aryl methyl sites for hydroxylation is 1. The molecule has 2 fully saturated rings. The third-order valence-corrected chi connectivity index (χ3v) is 5.51. The Morgan fingerprint density at radius 1 is 1.08 bits per heavy atom. The van der Waals surface area contributed by atoms with E-state index in [-0.39, 0.29) is 0 Å². The van der Waals surface area contributed by atoms with Crippen molar-refractivity contribution < 1.29 is 9.26 Å². The van der Waals surface area contributed by atoms with E-state index in [4.69, 9.17) is 9.26 Å². The van der Waals surface area contributed by atoms with E-state index in [0.717, 1.165) is 68.9 Å². The van der Waals surface area contributed by atoms with Crippen molar-refractivity contribution >= 4 is 0 Å². The van der Waals surface area contributed by atoms with Crippen LogP contribution in [0.15, 0.2) is 34.9 Å². The number of aromatic nitrogens is 1. The van der Waals surface area contributed by atoms with Crippen molar-refractivity contribution in [3.8, 4) is 11.3 Å². The largest absolute Gasteiger partial charge is 0.379 e. The van der Waals surface area contributed by atoms with E-state index < -0.39 is 0 Å². The molecule has 0 spiro atoms. The highest BCUT2D eigenvalue weighted by atomic mass is 16.5. The second-order valence-corrected chi connectivity index (χ2v) is 7.70. The van der Waals surface area contributed by atoms with E-state index in [0.29, 0.717) is 0 Å². The van der Waals surface area contributed by atoms with Gasteiger partial charge in [-0.05, 0) is 32.2 Å². The first-order valence-electron chi connectivity index (χ1n) is 9.81. The van der Waals surface area contributed by atoms with Gasteiger partial charge in [-0.2, -0.15) is 0 Å². The molecule has 1 atom stereocenters. The number of nitrogens with zero attached hydrogens (tertiary/aromatic N) is 3. The Balaban J connectivity index is 1.32. The summed E-state index contributed by atoms with van der Waals surface area (Å²) in [6.45, 7) is 10.4. The van der Waals surface area contributed by atoms with Gasteiger partial charge >= 0.3 is 0 Å². The van der Waals surface area contributed by atoms with Gasteiger partial charge in [0, 0.05) is 37.8 Å². The molecule has 140 valence electrons. The van der Waals surface area contributed by atoms with Crippen LogP contribution in [0.25, 0.3) is 11.3 Å². The smallest absolute Gasteiger partial charge is 0.151 e. The highest BCUT2D eigenvalue weighted by Crippen LogP contribution is 2.23. The zero-order chi connectivity index (χ0) is 17.8. The van der Waals surface area contributed by atoms with Crippen LogP contribution in [0.4, 0.5) is 0 Å². The van der Waals surface area contributed by atoms with E-state index in [9.17, 15) is 0 Å². The molecule has 5 heteroatoms. The molecule has 4 rings (SSSR count). The van der Waals surface area contributed by atoms with Crippen molar-refractivity contribution in [1.29, 1.82) is 0 Å². The maximum atomic E-state index is 5.62. The third kappa shape index (κ3) is 4.53. The summed E-state index contributed by atoms with van der Waals surface area (Å²) >= 11 is 0. The van der Waals surface area contributed by atoms with Crippen LogP contribution >= 0.6 is 0 Å². The third-order valence-electron chi connectivity index (χ3n) is 5.51. The Hall–Kier alpha value is -1.69. The summed E-state index contributed by atoms with van der Waals surface area (Å²) in [5.41, 5.74) is 3.31. The summed E-state index contributed by atoms with van der Waals surface area (Å²) in [6, 6.07) is 10.5. The highest BCUT2D eigenvalue weighted by molar-refractivity contribution is 5.59. The topological polar surface area (TPSA) is 41.7 Å². The fourth-order valence-electron chi connectivity index (χ4n) is 4.06. The first kappa shape index (κ1) is 17.7. The van der Waals surface area contributed by atoms with Crippen LogP contribution < -0.4 is 0 Å². The molecule has 26 heavy (non-hydrogen) atoms. The Kier molecular flexibility index (Phi) is 5.68. The van der Waals surface area contributed by atoms with Gasteiger partial charge < -0.3 is 9.26 Å². The van der Waals surface area contributed by atoms with E-state index >= 15 is 0 Å². The quantitative estimate of drug-likeness (QED) is 0.824. The minimum atomic E-state index is 0.751. The van der Waals surface area contributed by atoms with Crippen molar-refractivity contribution in [3.63, 3.8) is 0 Å². The molecule has 2 aliphatic heterocycles. The zero-order valence-corrected chi connectivity index (χ0v) is 15.7. The Bertz CT molecular complexity index is 692. The molecular formula is C21H29N3O2. The average Bonchev–Trinajstić information content (AvgIpc) is 3.12. The average molecular weight is 355 g/mol. The molecule has 0 radical (unpaired) electrons. The molecule has 1 aromatic carbocycles. The molecular weight excluding hydrogens is 326 g/mol. The Morgan fingerprint density at radius 3 is 2.69 bits per heavy atom. The van der Waals surface area contributed by atoms with Gasteiger partial charge in [-0.25, -0.2) is 0 Å². The van der Waals surface area contributed by atoms with E-state index in [1.54, 1.807) is 0 Å². The molecule has 0 aliphatic carbocycles. The zero-order valence-electron chi connectivity index (χ0n) is 15.7. The first-order valence-corrected chi connectivity index (χ1v) is 9.81. The van der Waals surface area contributed by atoms with E-state index in [1.807, 2.05) is 0 Å². The highest BCUT2D eigenvalue weighted by Gasteiger charge is 2.24. The molecule has 0 unspecified atom stereocenters. The van der Waals surface area contributed by atoms with Crippen LogP contribution in [0.3, 0.4) is 0 Å². The standard InChI is InChI=1S/C21H29N3O2/c1-17-4-6-19(7-5-17)21-13-20(26-22-21)16-24-8-2-3-18(15-24)14-23-9-11-25-12-10-23/h4-7,13,18H,2-3,8-12,14-16H2,1H3/t18-/m1/s1. The summed E-state index contributed by atoms with van der Waals surface area (Å²) in [4.78, 5) is 5.08. The second-order valence-electron chi connectivity index (χ2n) is 7.70. The Morgan fingerprint density at radius 2 is 1.88 bits per heavy atom. The fraction of sp³-hybridized carbons (Fsp3) is 0.571. The molecule has 1 aromatic heterocycles. The predicted octanol–water partition coefficient (Wildman–Crippen LogP) is 3.19. The minimum Gasteiger partial charge on any atom is -0.379 e. The van der Waals surface area contributed by atoms with Gasteiger partial charge in [0.05, 0.1) is 19.8 Å². The van der Waals surface area contributed by atoms with Gasteiger partial charge in [0.15, 0.2) is 5.76 Å². The van der Waals surface area contributed by atoms with Crippen LogP contribution in [-0.2, 0) is 11.3 Å².